The van der Waals surface area contributed by atoms with E-state index in [2.05, 4.69) is 17.2 Å². The van der Waals surface area contributed by atoms with E-state index < -0.39 is 10.0 Å². The normalized spacial score (nSPS) is 33.5. The molecule has 4 aliphatic carbocycles. The first-order chi connectivity index (χ1) is 15.8. The molecule has 7 nitrogen and oxygen atoms in total. The molecule has 0 spiro atoms. The first-order valence-electron chi connectivity index (χ1n) is 12.1. The standard InChI is InChI=1S/C25H33N3O4S/c1-2-23(29)26-21-4-3-9-28(16-21)33(31,32)22-7-5-20(6-8-22)27-24(30)25-13-17-10-18(14-25)12-19(11-17)15-25/h2,5-8,17-19,21H,1,3-4,9-16H2,(H,26,29)(H,27,30)/t17?,18?,19?,21-,25?/m0/s1. The van der Waals surface area contributed by atoms with E-state index in [0.29, 0.717) is 36.4 Å². The molecule has 1 aromatic rings. The van der Waals surface area contributed by atoms with Crippen molar-refractivity contribution in [3.63, 3.8) is 0 Å². The van der Waals surface area contributed by atoms with Crippen LogP contribution in [-0.4, -0.2) is 43.7 Å². The maximum atomic E-state index is 13.3. The molecule has 1 aromatic carbocycles. The average molecular weight is 472 g/mol. The Labute approximate surface area is 196 Å². The molecular formula is C25H33N3O4S. The third-order valence-electron chi connectivity index (χ3n) is 8.19. The first kappa shape index (κ1) is 22.6. The van der Waals surface area contributed by atoms with Gasteiger partial charge in [0.05, 0.1) is 10.3 Å². The molecule has 178 valence electrons. The monoisotopic (exact) mass is 471 g/mol. The molecule has 33 heavy (non-hydrogen) atoms. The van der Waals surface area contributed by atoms with Crippen molar-refractivity contribution in [2.75, 3.05) is 18.4 Å². The smallest absolute Gasteiger partial charge is 0.243 e. The average Bonchev–Trinajstić information content (AvgIpc) is 2.78. The predicted molar refractivity (Wildman–Crippen MR) is 126 cm³/mol. The Morgan fingerprint density at radius 1 is 1.03 bits per heavy atom. The summed E-state index contributed by atoms with van der Waals surface area (Å²) >= 11 is 0. The Balaban J connectivity index is 1.25. The fourth-order valence-corrected chi connectivity index (χ4v) is 8.57. The largest absolute Gasteiger partial charge is 0.349 e. The van der Waals surface area contributed by atoms with Crippen LogP contribution in [0.25, 0.3) is 0 Å². The van der Waals surface area contributed by atoms with Gasteiger partial charge in [-0.25, -0.2) is 8.42 Å². The fourth-order valence-electron chi connectivity index (χ4n) is 7.05. The Morgan fingerprint density at radius 3 is 2.21 bits per heavy atom. The number of nitrogens with one attached hydrogen (secondary N) is 2. The maximum Gasteiger partial charge on any atom is 0.243 e. The summed E-state index contributed by atoms with van der Waals surface area (Å²) in [5.74, 6) is 1.89. The molecule has 4 bridgehead atoms. The first-order valence-corrected chi connectivity index (χ1v) is 13.6. The van der Waals surface area contributed by atoms with E-state index in [0.717, 1.165) is 25.7 Å². The van der Waals surface area contributed by atoms with Crippen LogP contribution in [0.4, 0.5) is 5.69 Å². The minimum absolute atomic E-state index is 0.106. The predicted octanol–water partition coefficient (Wildman–Crippen LogP) is 3.30. The topological polar surface area (TPSA) is 95.6 Å². The molecule has 8 heteroatoms. The van der Waals surface area contributed by atoms with E-state index in [4.69, 9.17) is 0 Å². The molecule has 1 aliphatic heterocycles. The fraction of sp³-hybridized carbons (Fsp3) is 0.600. The number of carbonyl (C=O) groups is 2. The van der Waals surface area contributed by atoms with E-state index in [1.54, 1.807) is 24.3 Å². The summed E-state index contributed by atoms with van der Waals surface area (Å²) in [7, 11) is -3.68. The van der Waals surface area contributed by atoms with Crippen molar-refractivity contribution in [1.82, 2.24) is 9.62 Å². The maximum absolute atomic E-state index is 13.3. The van der Waals surface area contributed by atoms with Gasteiger partial charge in [-0.15, -0.1) is 0 Å². The quantitative estimate of drug-likeness (QED) is 0.623. The van der Waals surface area contributed by atoms with Crippen molar-refractivity contribution in [3.05, 3.63) is 36.9 Å². The molecule has 0 unspecified atom stereocenters. The summed E-state index contributed by atoms with van der Waals surface area (Å²) in [6.07, 6.45) is 9.46. The van der Waals surface area contributed by atoms with Crippen molar-refractivity contribution in [1.29, 1.82) is 0 Å². The Kier molecular flexibility index (Phi) is 5.85. The second-order valence-electron chi connectivity index (χ2n) is 10.6. The van der Waals surface area contributed by atoms with Crippen molar-refractivity contribution < 1.29 is 18.0 Å². The van der Waals surface area contributed by atoms with Crippen LogP contribution in [0.3, 0.4) is 0 Å². The van der Waals surface area contributed by atoms with E-state index in [1.165, 1.54) is 29.6 Å². The number of hydrogen-bond acceptors (Lipinski definition) is 4. The molecule has 2 N–H and O–H groups in total. The number of nitrogens with zero attached hydrogens (tertiary/aromatic N) is 1. The van der Waals surface area contributed by atoms with Gasteiger partial charge in [-0.1, -0.05) is 6.58 Å². The van der Waals surface area contributed by atoms with Gasteiger partial charge in [0.2, 0.25) is 21.8 Å². The molecule has 5 aliphatic rings. The lowest BCUT2D eigenvalue weighted by molar-refractivity contribution is -0.140. The molecule has 1 atom stereocenters. The van der Waals surface area contributed by atoms with E-state index in [1.807, 2.05) is 0 Å². The molecule has 0 radical (unpaired) electrons. The minimum Gasteiger partial charge on any atom is -0.349 e. The summed E-state index contributed by atoms with van der Waals surface area (Å²) in [6, 6.07) is 6.28. The van der Waals surface area contributed by atoms with Gasteiger partial charge >= 0.3 is 0 Å². The zero-order valence-electron chi connectivity index (χ0n) is 19.0. The lowest BCUT2D eigenvalue weighted by Crippen LogP contribution is -2.51. The third-order valence-corrected chi connectivity index (χ3v) is 10.1. The van der Waals surface area contributed by atoms with E-state index >= 15 is 0 Å². The second kappa shape index (κ2) is 8.55. The van der Waals surface area contributed by atoms with Crippen LogP contribution < -0.4 is 10.6 Å². The Hall–Kier alpha value is -2.19. The van der Waals surface area contributed by atoms with Crippen molar-refractivity contribution in [2.45, 2.75) is 62.3 Å². The van der Waals surface area contributed by atoms with Crippen LogP contribution in [0, 0.1) is 23.2 Å². The number of carbonyl (C=O) groups excluding carboxylic acids is 2. The van der Waals surface area contributed by atoms with Gasteiger partial charge in [-0.3, -0.25) is 9.59 Å². The lowest BCUT2D eigenvalue weighted by Gasteiger charge is -2.55. The summed E-state index contributed by atoms with van der Waals surface area (Å²) < 4.78 is 27.7. The number of rotatable bonds is 6. The molecule has 5 fully saturated rings. The van der Waals surface area contributed by atoms with E-state index in [9.17, 15) is 18.0 Å². The van der Waals surface area contributed by atoms with Crippen molar-refractivity contribution in [3.8, 4) is 0 Å². The van der Waals surface area contributed by atoms with Crippen LogP contribution in [-0.2, 0) is 19.6 Å². The zero-order chi connectivity index (χ0) is 23.2. The molecule has 1 heterocycles. The van der Waals surface area contributed by atoms with Gasteiger partial charge in [0.25, 0.3) is 0 Å². The highest BCUT2D eigenvalue weighted by Crippen LogP contribution is 2.60. The highest BCUT2D eigenvalue weighted by atomic mass is 32.2. The van der Waals surface area contributed by atoms with Crippen LogP contribution in [0.1, 0.15) is 51.4 Å². The molecule has 0 aromatic heterocycles. The van der Waals surface area contributed by atoms with Gasteiger partial charge in [-0.05, 0) is 99.5 Å². The Morgan fingerprint density at radius 2 is 1.64 bits per heavy atom. The van der Waals surface area contributed by atoms with Crippen LogP contribution in [0.2, 0.25) is 0 Å². The van der Waals surface area contributed by atoms with Gasteiger partial charge in [-0.2, -0.15) is 4.31 Å². The summed E-state index contributed by atoms with van der Waals surface area (Å²) in [6.45, 7) is 4.11. The second-order valence-corrected chi connectivity index (χ2v) is 12.5. The third kappa shape index (κ3) is 4.35. The number of benzene rings is 1. The number of anilines is 1. The summed E-state index contributed by atoms with van der Waals surface area (Å²) in [4.78, 5) is 25.1. The minimum atomic E-state index is -3.68. The van der Waals surface area contributed by atoms with Crippen molar-refractivity contribution >= 4 is 27.5 Å². The molecule has 2 amide bonds. The van der Waals surface area contributed by atoms with E-state index in [-0.39, 0.29) is 34.7 Å². The van der Waals surface area contributed by atoms with Crippen LogP contribution in [0.5, 0.6) is 0 Å². The summed E-state index contributed by atoms with van der Waals surface area (Å²) in [5.41, 5.74) is 0.405. The summed E-state index contributed by atoms with van der Waals surface area (Å²) in [5, 5.41) is 5.88. The number of sulfonamides is 1. The number of hydrogen-bond donors (Lipinski definition) is 2. The number of piperidine rings is 1. The van der Waals surface area contributed by atoms with Gasteiger partial charge < -0.3 is 10.6 Å². The number of amides is 2. The lowest BCUT2D eigenvalue weighted by atomic mass is 9.49. The highest BCUT2D eigenvalue weighted by molar-refractivity contribution is 7.89. The zero-order valence-corrected chi connectivity index (χ0v) is 19.8. The Bertz CT molecular complexity index is 1010. The van der Waals surface area contributed by atoms with Gasteiger partial charge in [0, 0.05) is 24.8 Å². The van der Waals surface area contributed by atoms with Gasteiger partial charge in [0.1, 0.15) is 0 Å². The highest BCUT2D eigenvalue weighted by Gasteiger charge is 2.54. The molecule has 4 saturated carbocycles. The SMILES string of the molecule is C=CC(=O)N[C@H]1CCCN(S(=O)(=O)c2ccc(NC(=O)C34CC5CC(CC(C5)C3)C4)cc2)C1. The van der Waals surface area contributed by atoms with Crippen LogP contribution >= 0.6 is 0 Å². The van der Waals surface area contributed by atoms with Crippen LogP contribution in [0.15, 0.2) is 41.8 Å². The molecular weight excluding hydrogens is 438 g/mol. The van der Waals surface area contributed by atoms with Crippen molar-refractivity contribution in [2.24, 2.45) is 23.2 Å². The molecule has 1 saturated heterocycles. The van der Waals surface area contributed by atoms with Gasteiger partial charge in [0.15, 0.2) is 0 Å². The molecule has 6 rings (SSSR count).